The quantitative estimate of drug-likeness (QED) is 0.477. The molecular weight excluding hydrogens is 408 g/mol. The second-order valence-corrected chi connectivity index (χ2v) is 7.53. The van der Waals surface area contributed by atoms with Crippen LogP contribution in [-0.4, -0.2) is 27.8 Å². The van der Waals surface area contributed by atoms with Crippen molar-refractivity contribution in [2.75, 3.05) is 12.4 Å². The van der Waals surface area contributed by atoms with E-state index in [4.69, 9.17) is 16.3 Å². The van der Waals surface area contributed by atoms with Gasteiger partial charge in [-0.25, -0.2) is 4.98 Å². The normalized spacial score (nSPS) is 10.7. The molecule has 0 unspecified atom stereocenters. The lowest BCUT2D eigenvalue weighted by molar-refractivity contribution is 0.102. The Bertz CT molecular complexity index is 1170. The molecule has 146 valence electrons. The standard InChI is InChI=1S/C21H17ClN4O2S/c1-13-11-19(24-20(27)16-5-3-4-6-18(16)28-2)26(25-13)21-23-17(12-29-21)14-7-9-15(22)10-8-14/h3-12H,1-2H3,(H,24,27). The molecule has 0 saturated carbocycles. The number of halogens is 1. The van der Waals surface area contributed by atoms with Crippen molar-refractivity contribution in [1.82, 2.24) is 14.8 Å². The third-order valence-corrected chi connectivity index (χ3v) is 5.31. The predicted molar refractivity (Wildman–Crippen MR) is 115 cm³/mol. The highest BCUT2D eigenvalue weighted by atomic mass is 35.5. The Kier molecular flexibility index (Phi) is 5.33. The zero-order valence-corrected chi connectivity index (χ0v) is 17.3. The average Bonchev–Trinajstić information content (AvgIpc) is 3.35. The van der Waals surface area contributed by atoms with E-state index in [1.54, 1.807) is 28.9 Å². The van der Waals surface area contributed by atoms with Crippen molar-refractivity contribution in [2.24, 2.45) is 0 Å². The number of hydrogen-bond donors (Lipinski definition) is 1. The molecule has 1 N–H and O–H groups in total. The molecule has 0 aliphatic heterocycles. The molecule has 2 aromatic heterocycles. The summed E-state index contributed by atoms with van der Waals surface area (Å²) in [7, 11) is 1.54. The fourth-order valence-corrected chi connectivity index (χ4v) is 3.79. The van der Waals surface area contributed by atoms with Crippen LogP contribution >= 0.6 is 22.9 Å². The first-order chi connectivity index (χ1) is 14.0. The summed E-state index contributed by atoms with van der Waals surface area (Å²) < 4.78 is 6.91. The maximum atomic E-state index is 12.8. The van der Waals surface area contributed by atoms with Gasteiger partial charge in [0.25, 0.3) is 5.91 Å². The Balaban J connectivity index is 1.64. The van der Waals surface area contributed by atoms with Crippen LogP contribution in [0.25, 0.3) is 16.4 Å². The zero-order chi connectivity index (χ0) is 20.4. The molecule has 0 spiro atoms. The minimum Gasteiger partial charge on any atom is -0.496 e. The number of carbonyl (C=O) groups is 1. The first-order valence-electron chi connectivity index (χ1n) is 8.78. The lowest BCUT2D eigenvalue weighted by Gasteiger charge is -2.09. The summed E-state index contributed by atoms with van der Waals surface area (Å²) in [6.07, 6.45) is 0. The highest BCUT2D eigenvalue weighted by Gasteiger charge is 2.17. The van der Waals surface area contributed by atoms with Gasteiger partial charge in [-0.05, 0) is 31.2 Å². The molecule has 2 heterocycles. The largest absolute Gasteiger partial charge is 0.496 e. The van der Waals surface area contributed by atoms with Crippen molar-refractivity contribution in [3.05, 3.63) is 76.3 Å². The second-order valence-electron chi connectivity index (χ2n) is 6.26. The Morgan fingerprint density at radius 3 is 2.69 bits per heavy atom. The number of ether oxygens (including phenoxy) is 1. The molecular formula is C21H17ClN4O2S. The zero-order valence-electron chi connectivity index (χ0n) is 15.7. The molecule has 0 saturated heterocycles. The number of carbonyl (C=O) groups excluding carboxylic acids is 1. The predicted octanol–water partition coefficient (Wildman–Crippen LogP) is 5.22. The molecule has 0 aliphatic carbocycles. The van der Waals surface area contributed by atoms with E-state index < -0.39 is 0 Å². The Morgan fingerprint density at radius 1 is 1.17 bits per heavy atom. The molecule has 0 bridgehead atoms. The van der Waals surface area contributed by atoms with Crippen molar-refractivity contribution in [3.8, 4) is 22.1 Å². The fourth-order valence-electron chi connectivity index (χ4n) is 2.86. The van der Waals surface area contributed by atoms with E-state index in [1.807, 2.05) is 42.6 Å². The number of nitrogens with zero attached hydrogens (tertiary/aromatic N) is 3. The number of nitrogens with one attached hydrogen (secondary N) is 1. The molecule has 8 heteroatoms. The number of benzene rings is 2. The number of methoxy groups -OCH3 is 1. The van der Waals surface area contributed by atoms with Crippen LogP contribution < -0.4 is 10.1 Å². The van der Waals surface area contributed by atoms with Gasteiger partial charge in [-0.3, -0.25) is 4.79 Å². The van der Waals surface area contributed by atoms with Crippen molar-refractivity contribution in [2.45, 2.75) is 6.92 Å². The molecule has 0 fully saturated rings. The molecule has 29 heavy (non-hydrogen) atoms. The van der Waals surface area contributed by atoms with E-state index >= 15 is 0 Å². The number of hydrogen-bond acceptors (Lipinski definition) is 5. The maximum Gasteiger partial charge on any atom is 0.260 e. The Hall–Kier alpha value is -3.16. The molecule has 0 atom stereocenters. The number of aryl methyl sites for hydroxylation is 1. The Labute approximate surface area is 176 Å². The van der Waals surface area contributed by atoms with Gasteiger partial charge in [0.1, 0.15) is 11.6 Å². The van der Waals surface area contributed by atoms with Gasteiger partial charge in [0, 0.05) is 22.0 Å². The third-order valence-electron chi connectivity index (χ3n) is 4.24. The van der Waals surface area contributed by atoms with E-state index in [0.717, 1.165) is 17.0 Å². The minimum atomic E-state index is -0.280. The molecule has 4 rings (SSSR count). The first kappa shape index (κ1) is 19.2. The van der Waals surface area contributed by atoms with Crippen LogP contribution in [0, 0.1) is 6.92 Å². The van der Waals surface area contributed by atoms with E-state index in [9.17, 15) is 4.79 Å². The summed E-state index contributed by atoms with van der Waals surface area (Å²) >= 11 is 7.40. The monoisotopic (exact) mass is 424 g/mol. The van der Waals surface area contributed by atoms with Crippen molar-refractivity contribution in [1.29, 1.82) is 0 Å². The van der Waals surface area contributed by atoms with Crippen LogP contribution in [-0.2, 0) is 0 Å². The number of aromatic nitrogens is 3. The summed E-state index contributed by atoms with van der Waals surface area (Å²) in [6.45, 7) is 1.86. The molecule has 0 radical (unpaired) electrons. The third kappa shape index (κ3) is 4.01. The lowest BCUT2D eigenvalue weighted by atomic mass is 10.2. The van der Waals surface area contributed by atoms with Gasteiger partial charge in [-0.15, -0.1) is 11.3 Å². The summed E-state index contributed by atoms with van der Waals surface area (Å²) in [6, 6.07) is 16.4. The fraction of sp³-hybridized carbons (Fsp3) is 0.0952. The summed E-state index contributed by atoms with van der Waals surface area (Å²) in [5.74, 6) is 0.764. The van der Waals surface area contributed by atoms with Gasteiger partial charge in [0.2, 0.25) is 5.13 Å². The van der Waals surface area contributed by atoms with Crippen LogP contribution in [0.1, 0.15) is 16.1 Å². The molecule has 1 amide bonds. The topological polar surface area (TPSA) is 69.0 Å². The minimum absolute atomic E-state index is 0.280. The van der Waals surface area contributed by atoms with E-state index in [2.05, 4.69) is 15.4 Å². The highest BCUT2D eigenvalue weighted by Crippen LogP contribution is 2.28. The van der Waals surface area contributed by atoms with Crippen LogP contribution in [0.5, 0.6) is 5.75 Å². The smallest absolute Gasteiger partial charge is 0.260 e. The van der Waals surface area contributed by atoms with Gasteiger partial charge in [-0.2, -0.15) is 9.78 Å². The van der Waals surface area contributed by atoms with Gasteiger partial charge >= 0.3 is 0 Å². The van der Waals surface area contributed by atoms with E-state index in [-0.39, 0.29) is 5.91 Å². The molecule has 0 aliphatic rings. The van der Waals surface area contributed by atoms with Crippen LogP contribution in [0.4, 0.5) is 5.82 Å². The van der Waals surface area contributed by atoms with E-state index in [0.29, 0.717) is 27.3 Å². The maximum absolute atomic E-state index is 12.8. The molecule has 4 aromatic rings. The molecule has 6 nitrogen and oxygen atoms in total. The van der Waals surface area contributed by atoms with E-state index in [1.165, 1.54) is 18.4 Å². The van der Waals surface area contributed by atoms with Gasteiger partial charge in [-0.1, -0.05) is 35.9 Å². The summed E-state index contributed by atoms with van der Waals surface area (Å²) in [4.78, 5) is 17.5. The van der Waals surface area contributed by atoms with Crippen molar-refractivity contribution in [3.63, 3.8) is 0 Å². The Morgan fingerprint density at radius 2 is 1.93 bits per heavy atom. The SMILES string of the molecule is COc1ccccc1C(=O)Nc1cc(C)nn1-c1nc(-c2ccc(Cl)cc2)cs1. The van der Waals surface area contributed by atoms with Gasteiger partial charge < -0.3 is 10.1 Å². The second kappa shape index (κ2) is 8.06. The average molecular weight is 425 g/mol. The highest BCUT2D eigenvalue weighted by molar-refractivity contribution is 7.12. The summed E-state index contributed by atoms with van der Waals surface area (Å²) in [5.41, 5.74) is 2.99. The van der Waals surface area contributed by atoms with Crippen LogP contribution in [0.2, 0.25) is 5.02 Å². The number of amides is 1. The van der Waals surface area contributed by atoms with Crippen LogP contribution in [0.3, 0.4) is 0 Å². The van der Waals surface area contributed by atoms with Crippen molar-refractivity contribution < 1.29 is 9.53 Å². The first-order valence-corrected chi connectivity index (χ1v) is 10.0. The molecule has 2 aromatic carbocycles. The van der Waals surface area contributed by atoms with Gasteiger partial charge in [0.15, 0.2) is 0 Å². The number of rotatable bonds is 5. The van der Waals surface area contributed by atoms with Gasteiger partial charge in [0.05, 0.1) is 24.1 Å². The number of para-hydroxylation sites is 1. The van der Waals surface area contributed by atoms with Crippen molar-refractivity contribution >= 4 is 34.7 Å². The van der Waals surface area contributed by atoms with Crippen LogP contribution in [0.15, 0.2) is 60.0 Å². The number of anilines is 1. The lowest BCUT2D eigenvalue weighted by Crippen LogP contribution is -2.16. The number of thiazole rings is 1. The summed E-state index contributed by atoms with van der Waals surface area (Å²) in [5, 5.41) is 10.7.